The maximum atomic E-state index is 13.0. The predicted molar refractivity (Wildman–Crippen MR) is 113 cm³/mol. The molecule has 2 heterocycles. The predicted octanol–water partition coefficient (Wildman–Crippen LogP) is 1.55. The highest BCUT2D eigenvalue weighted by Gasteiger charge is 2.35. The fourth-order valence-corrected chi connectivity index (χ4v) is 5.94. The first kappa shape index (κ1) is 22.4. The van der Waals surface area contributed by atoms with Gasteiger partial charge >= 0.3 is 0 Å². The number of carbonyl (C=O) groups excluding carboxylic acids is 1. The zero-order chi connectivity index (χ0) is 21.0. The first-order valence-corrected chi connectivity index (χ1v) is 12.3. The normalized spacial score (nSPS) is 19.8. The van der Waals surface area contributed by atoms with E-state index in [1.807, 2.05) is 6.92 Å². The van der Waals surface area contributed by atoms with E-state index in [1.54, 1.807) is 20.8 Å². The minimum Gasteiger partial charge on any atom is -0.338 e. The molecule has 1 aliphatic heterocycles. The van der Waals surface area contributed by atoms with Crippen LogP contribution in [-0.4, -0.2) is 81.9 Å². The number of nitrogens with one attached hydrogen (secondary N) is 1. The topological polar surface area (TPSA) is 94.5 Å². The van der Waals surface area contributed by atoms with Gasteiger partial charge in [-0.2, -0.15) is 22.1 Å². The molecule has 0 unspecified atom stereocenters. The number of piperazine rings is 1. The van der Waals surface area contributed by atoms with Crippen molar-refractivity contribution in [3.63, 3.8) is 0 Å². The molecule has 0 atom stereocenters. The number of amides is 1. The van der Waals surface area contributed by atoms with Crippen molar-refractivity contribution < 1.29 is 13.2 Å². The second kappa shape index (κ2) is 9.67. The Morgan fingerprint density at radius 1 is 1.21 bits per heavy atom. The van der Waals surface area contributed by atoms with Crippen LogP contribution in [0.15, 0.2) is 0 Å². The van der Waals surface area contributed by atoms with Crippen LogP contribution in [0, 0.1) is 4.77 Å². The van der Waals surface area contributed by atoms with E-state index in [0.717, 1.165) is 44.3 Å². The van der Waals surface area contributed by atoms with E-state index >= 15 is 0 Å². The van der Waals surface area contributed by atoms with E-state index in [-0.39, 0.29) is 18.5 Å². The fraction of sp³-hybridized carbons (Fsp3) is 0.833. The van der Waals surface area contributed by atoms with E-state index in [2.05, 4.69) is 10.2 Å². The Morgan fingerprint density at radius 2 is 1.86 bits per heavy atom. The second-order valence-corrected chi connectivity index (χ2v) is 10.3. The molecule has 9 nitrogen and oxygen atoms in total. The van der Waals surface area contributed by atoms with Crippen molar-refractivity contribution in [2.75, 3.05) is 33.2 Å². The van der Waals surface area contributed by atoms with Crippen molar-refractivity contribution in [1.29, 1.82) is 0 Å². The molecule has 1 saturated carbocycles. The van der Waals surface area contributed by atoms with Crippen molar-refractivity contribution >= 4 is 28.3 Å². The largest absolute Gasteiger partial charge is 0.338 e. The molecule has 1 N–H and O–H groups in total. The average Bonchev–Trinajstić information content (AvgIpc) is 3.07. The minimum absolute atomic E-state index is 0.0578. The van der Waals surface area contributed by atoms with Crippen molar-refractivity contribution in [3.05, 3.63) is 10.6 Å². The van der Waals surface area contributed by atoms with Gasteiger partial charge in [-0.15, -0.1) is 0 Å². The first-order valence-electron chi connectivity index (χ1n) is 10.5. The summed E-state index contributed by atoms with van der Waals surface area (Å²) in [7, 11) is -1.80. The quantitative estimate of drug-likeness (QED) is 0.644. The molecule has 164 valence electrons. The maximum absolute atomic E-state index is 13.0. The number of nitrogens with zero attached hydrogens (tertiary/aromatic N) is 5. The monoisotopic (exact) mass is 444 g/mol. The molecule has 2 aliphatic rings. The van der Waals surface area contributed by atoms with Gasteiger partial charge in [0, 0.05) is 45.7 Å². The SMILES string of the molecule is CCCc1n[nH]c(=S)n1CC(=O)N1CCN(S(=O)(=O)N(C)C2CCCCC2)CC1. The second-order valence-electron chi connectivity index (χ2n) is 7.88. The molecule has 0 bridgehead atoms. The van der Waals surface area contributed by atoms with Gasteiger partial charge < -0.3 is 4.90 Å². The lowest BCUT2D eigenvalue weighted by Gasteiger charge is -2.38. The average molecular weight is 445 g/mol. The minimum atomic E-state index is -3.49. The molecule has 1 amide bonds. The molecule has 0 spiro atoms. The van der Waals surface area contributed by atoms with Gasteiger partial charge in [-0.05, 0) is 31.5 Å². The van der Waals surface area contributed by atoms with Crippen LogP contribution >= 0.6 is 12.2 Å². The van der Waals surface area contributed by atoms with E-state index in [1.165, 1.54) is 10.7 Å². The standard InChI is InChI=1S/C18H32N6O3S2/c1-3-7-16-19-20-18(28)24(16)14-17(25)22-10-12-23(13-11-22)29(26,27)21(2)15-8-5-4-6-9-15/h15H,3-14H2,1-2H3,(H,20,28). The number of rotatable bonds is 7. The van der Waals surface area contributed by atoms with Gasteiger partial charge in [0.25, 0.3) is 10.2 Å². The van der Waals surface area contributed by atoms with Crippen LogP contribution in [0.4, 0.5) is 0 Å². The number of aromatic amines is 1. The Bertz CT molecular complexity index is 851. The van der Waals surface area contributed by atoms with Crippen molar-refractivity contribution in [3.8, 4) is 0 Å². The molecule has 0 radical (unpaired) electrons. The Balaban J connectivity index is 1.58. The molecule has 1 aliphatic carbocycles. The van der Waals surface area contributed by atoms with E-state index in [0.29, 0.717) is 31.0 Å². The van der Waals surface area contributed by atoms with Crippen molar-refractivity contribution in [2.45, 2.75) is 64.5 Å². The Morgan fingerprint density at radius 3 is 2.48 bits per heavy atom. The fourth-order valence-electron chi connectivity index (χ4n) is 4.15. The number of carbonyl (C=O) groups is 1. The molecule has 11 heteroatoms. The van der Waals surface area contributed by atoms with Crippen molar-refractivity contribution in [1.82, 2.24) is 28.3 Å². The highest BCUT2D eigenvalue weighted by Crippen LogP contribution is 2.25. The Labute approximate surface area is 178 Å². The third kappa shape index (κ3) is 5.07. The molecule has 1 saturated heterocycles. The molecule has 2 fully saturated rings. The first-order chi connectivity index (χ1) is 13.8. The molecular weight excluding hydrogens is 412 g/mol. The number of hydrogen-bond acceptors (Lipinski definition) is 5. The van der Waals surface area contributed by atoms with Crippen LogP contribution in [-0.2, 0) is 28.0 Å². The lowest BCUT2D eigenvalue weighted by molar-refractivity contribution is -0.133. The Kier molecular flexibility index (Phi) is 7.47. The lowest BCUT2D eigenvalue weighted by atomic mass is 9.96. The van der Waals surface area contributed by atoms with Gasteiger partial charge in [-0.25, -0.2) is 0 Å². The van der Waals surface area contributed by atoms with Crippen LogP contribution in [0.2, 0.25) is 0 Å². The van der Waals surface area contributed by atoms with Gasteiger partial charge in [0.05, 0.1) is 0 Å². The summed E-state index contributed by atoms with van der Waals surface area (Å²) in [6.07, 6.45) is 6.89. The summed E-state index contributed by atoms with van der Waals surface area (Å²) in [6.45, 7) is 3.62. The van der Waals surface area contributed by atoms with Crippen LogP contribution in [0.25, 0.3) is 0 Å². The summed E-state index contributed by atoms with van der Waals surface area (Å²) in [5.41, 5.74) is 0. The zero-order valence-corrected chi connectivity index (χ0v) is 19.0. The third-order valence-corrected chi connectivity index (χ3v) is 8.33. The lowest BCUT2D eigenvalue weighted by Crippen LogP contribution is -2.55. The van der Waals surface area contributed by atoms with E-state index < -0.39 is 10.2 Å². The molecule has 0 aromatic carbocycles. The summed E-state index contributed by atoms with van der Waals surface area (Å²) in [6, 6.07) is 0.0911. The van der Waals surface area contributed by atoms with Gasteiger partial charge in [-0.3, -0.25) is 14.5 Å². The van der Waals surface area contributed by atoms with Gasteiger partial charge in [0.1, 0.15) is 12.4 Å². The van der Waals surface area contributed by atoms with Crippen LogP contribution in [0.3, 0.4) is 0 Å². The number of hydrogen-bond donors (Lipinski definition) is 1. The summed E-state index contributed by atoms with van der Waals surface area (Å²) < 4.78 is 31.2. The Hall–Kier alpha value is -1.30. The molecular formula is C18H32N6O3S2. The maximum Gasteiger partial charge on any atom is 0.282 e. The smallest absolute Gasteiger partial charge is 0.282 e. The molecule has 1 aromatic rings. The molecule has 1 aromatic heterocycles. The summed E-state index contributed by atoms with van der Waals surface area (Å²) >= 11 is 5.25. The molecule has 3 rings (SSSR count). The van der Waals surface area contributed by atoms with Gasteiger partial charge in [0.15, 0.2) is 4.77 Å². The van der Waals surface area contributed by atoms with Crippen LogP contribution in [0.1, 0.15) is 51.3 Å². The zero-order valence-electron chi connectivity index (χ0n) is 17.3. The summed E-state index contributed by atoms with van der Waals surface area (Å²) in [5.74, 6) is 0.721. The van der Waals surface area contributed by atoms with Crippen LogP contribution in [0.5, 0.6) is 0 Å². The third-order valence-electron chi connectivity index (χ3n) is 5.97. The van der Waals surface area contributed by atoms with E-state index in [9.17, 15) is 13.2 Å². The van der Waals surface area contributed by atoms with Gasteiger partial charge in [-0.1, -0.05) is 26.2 Å². The highest BCUT2D eigenvalue weighted by molar-refractivity contribution is 7.86. The molecule has 29 heavy (non-hydrogen) atoms. The summed E-state index contributed by atoms with van der Waals surface area (Å²) in [5, 5.41) is 6.95. The van der Waals surface area contributed by atoms with Gasteiger partial charge in [0.2, 0.25) is 5.91 Å². The highest BCUT2D eigenvalue weighted by atomic mass is 32.2. The number of aromatic nitrogens is 3. The number of aryl methyl sites for hydroxylation is 1. The summed E-state index contributed by atoms with van der Waals surface area (Å²) in [4.78, 5) is 14.5. The number of H-pyrrole nitrogens is 1. The van der Waals surface area contributed by atoms with Crippen molar-refractivity contribution in [2.24, 2.45) is 0 Å². The van der Waals surface area contributed by atoms with Crippen LogP contribution < -0.4 is 0 Å². The van der Waals surface area contributed by atoms with E-state index in [4.69, 9.17) is 12.2 Å².